The molecule has 0 aliphatic rings. The third-order valence-corrected chi connectivity index (χ3v) is 5.43. The second-order valence-electron chi connectivity index (χ2n) is 7.87. The highest BCUT2D eigenvalue weighted by Crippen LogP contribution is 2.23. The predicted octanol–water partition coefficient (Wildman–Crippen LogP) is 5.00. The summed E-state index contributed by atoms with van der Waals surface area (Å²) in [5.74, 6) is 2.05. The van der Waals surface area contributed by atoms with Crippen molar-refractivity contribution in [3.8, 4) is 22.8 Å². The summed E-state index contributed by atoms with van der Waals surface area (Å²) in [5.41, 5.74) is 3.65. The number of ether oxygens (including phenoxy) is 1. The van der Waals surface area contributed by atoms with E-state index in [1.807, 2.05) is 61.5 Å². The van der Waals surface area contributed by atoms with Gasteiger partial charge in [-0.05, 0) is 68.1 Å². The Hall–Kier alpha value is -3.93. The molecule has 0 unspecified atom stereocenters. The number of aryl methyl sites for hydroxylation is 2. The summed E-state index contributed by atoms with van der Waals surface area (Å²) in [7, 11) is 1.64. The van der Waals surface area contributed by atoms with Crippen LogP contribution in [0.1, 0.15) is 34.6 Å². The van der Waals surface area contributed by atoms with Gasteiger partial charge in [0.05, 0.1) is 12.8 Å². The second-order valence-corrected chi connectivity index (χ2v) is 7.87. The molecule has 168 valence electrons. The molecule has 0 radical (unpaired) electrons. The van der Waals surface area contributed by atoms with Gasteiger partial charge in [0.1, 0.15) is 11.6 Å². The minimum absolute atomic E-state index is 0.0798. The summed E-state index contributed by atoms with van der Waals surface area (Å²) in [4.78, 5) is 17.3. The summed E-state index contributed by atoms with van der Waals surface area (Å²) >= 11 is 0. The maximum absolute atomic E-state index is 12.7. The fraction of sp³-hybridized carbons (Fsp3) is 0.222. The Morgan fingerprint density at radius 3 is 2.52 bits per heavy atom. The number of carbonyl (C=O) groups is 1. The van der Waals surface area contributed by atoms with E-state index < -0.39 is 0 Å². The van der Waals surface area contributed by atoms with Gasteiger partial charge in [0.25, 0.3) is 5.91 Å². The molecule has 4 aromatic rings. The van der Waals surface area contributed by atoms with Crippen molar-refractivity contribution in [3.05, 3.63) is 95.8 Å². The zero-order chi connectivity index (χ0) is 23.0. The van der Waals surface area contributed by atoms with E-state index in [9.17, 15) is 4.79 Å². The number of unbranched alkanes of at least 4 members (excludes halogenated alkanes) is 1. The van der Waals surface area contributed by atoms with E-state index in [0.717, 1.165) is 36.3 Å². The van der Waals surface area contributed by atoms with Gasteiger partial charge in [-0.1, -0.05) is 42.5 Å². The predicted molar refractivity (Wildman–Crippen MR) is 130 cm³/mol. The van der Waals surface area contributed by atoms with E-state index in [1.54, 1.807) is 11.8 Å². The summed E-state index contributed by atoms with van der Waals surface area (Å²) in [6.07, 6.45) is 2.99. The van der Waals surface area contributed by atoms with Crippen LogP contribution in [-0.2, 0) is 6.42 Å². The molecule has 6 nitrogen and oxygen atoms in total. The van der Waals surface area contributed by atoms with Crippen LogP contribution in [0.2, 0.25) is 0 Å². The van der Waals surface area contributed by atoms with Crippen molar-refractivity contribution in [2.24, 2.45) is 0 Å². The molecular weight excluding hydrogens is 412 g/mol. The summed E-state index contributed by atoms with van der Waals surface area (Å²) in [6.45, 7) is 2.51. The number of hydrogen-bond donors (Lipinski definition) is 1. The van der Waals surface area contributed by atoms with Crippen LogP contribution in [0.15, 0.2) is 78.9 Å². The van der Waals surface area contributed by atoms with E-state index >= 15 is 0 Å². The van der Waals surface area contributed by atoms with E-state index in [2.05, 4.69) is 39.7 Å². The number of methoxy groups -OCH3 is 1. The SMILES string of the molecule is COc1ccc(-n2nc(C)nc2-c2cccc(C(=O)NCCCCc3ccccc3)c2)cc1. The topological polar surface area (TPSA) is 69.0 Å². The lowest BCUT2D eigenvalue weighted by Gasteiger charge is -2.09. The maximum atomic E-state index is 12.7. The average molecular weight is 441 g/mol. The molecule has 0 aliphatic heterocycles. The Kier molecular flexibility index (Phi) is 7.15. The van der Waals surface area contributed by atoms with Gasteiger partial charge in [-0.25, -0.2) is 9.67 Å². The van der Waals surface area contributed by atoms with Crippen LogP contribution in [0.4, 0.5) is 0 Å². The molecule has 1 heterocycles. The molecule has 0 bridgehead atoms. The fourth-order valence-corrected chi connectivity index (χ4v) is 3.71. The second kappa shape index (κ2) is 10.6. The van der Waals surface area contributed by atoms with Gasteiger partial charge in [-0.3, -0.25) is 4.79 Å². The van der Waals surface area contributed by atoms with Crippen molar-refractivity contribution >= 4 is 5.91 Å². The van der Waals surface area contributed by atoms with E-state index in [1.165, 1.54) is 5.56 Å². The van der Waals surface area contributed by atoms with Crippen molar-refractivity contribution in [2.75, 3.05) is 13.7 Å². The highest BCUT2D eigenvalue weighted by molar-refractivity contribution is 5.95. The Morgan fingerprint density at radius 2 is 1.76 bits per heavy atom. The van der Waals surface area contributed by atoms with Gasteiger partial charge in [0.15, 0.2) is 5.82 Å². The Bertz CT molecular complexity index is 1200. The zero-order valence-corrected chi connectivity index (χ0v) is 19.0. The lowest BCUT2D eigenvalue weighted by molar-refractivity contribution is 0.0953. The van der Waals surface area contributed by atoms with Crippen LogP contribution in [0.3, 0.4) is 0 Å². The quantitative estimate of drug-likeness (QED) is 0.372. The largest absolute Gasteiger partial charge is 0.497 e. The van der Waals surface area contributed by atoms with Gasteiger partial charge < -0.3 is 10.1 Å². The number of nitrogens with zero attached hydrogens (tertiary/aromatic N) is 3. The van der Waals surface area contributed by atoms with Crippen LogP contribution >= 0.6 is 0 Å². The van der Waals surface area contributed by atoms with Crippen LogP contribution in [0.25, 0.3) is 17.1 Å². The molecule has 4 rings (SSSR count). The van der Waals surface area contributed by atoms with Crippen molar-refractivity contribution in [1.82, 2.24) is 20.1 Å². The monoisotopic (exact) mass is 440 g/mol. The van der Waals surface area contributed by atoms with Gasteiger partial charge in [-0.2, -0.15) is 5.10 Å². The zero-order valence-electron chi connectivity index (χ0n) is 19.0. The summed E-state index contributed by atoms with van der Waals surface area (Å²) in [6, 6.07) is 25.6. The van der Waals surface area contributed by atoms with Gasteiger partial charge in [0.2, 0.25) is 0 Å². The average Bonchev–Trinajstić information content (AvgIpc) is 3.26. The maximum Gasteiger partial charge on any atom is 0.251 e. The number of amides is 1. The van der Waals surface area contributed by atoms with Crippen LogP contribution in [-0.4, -0.2) is 34.3 Å². The molecule has 0 fully saturated rings. The molecule has 0 saturated carbocycles. The van der Waals surface area contributed by atoms with Crippen molar-refractivity contribution in [3.63, 3.8) is 0 Å². The van der Waals surface area contributed by atoms with E-state index in [0.29, 0.717) is 23.8 Å². The molecular formula is C27H28N4O2. The number of aromatic nitrogens is 3. The van der Waals surface area contributed by atoms with E-state index in [-0.39, 0.29) is 5.91 Å². The van der Waals surface area contributed by atoms with Gasteiger partial charge >= 0.3 is 0 Å². The normalized spacial score (nSPS) is 10.7. The standard InChI is InChI=1S/C27H28N4O2/c1-20-29-26(31(30-20)24-14-16-25(33-2)17-15-24)22-12-8-13-23(19-22)27(32)28-18-7-6-11-21-9-4-3-5-10-21/h3-5,8-10,12-17,19H,6-7,11,18H2,1-2H3,(H,28,32). The first-order valence-electron chi connectivity index (χ1n) is 11.1. The summed E-state index contributed by atoms with van der Waals surface area (Å²) in [5, 5.41) is 7.58. The number of rotatable bonds is 9. The Morgan fingerprint density at radius 1 is 0.970 bits per heavy atom. The highest BCUT2D eigenvalue weighted by atomic mass is 16.5. The van der Waals surface area contributed by atoms with Gasteiger partial charge in [0, 0.05) is 17.7 Å². The molecule has 0 saturated heterocycles. The number of benzene rings is 3. The molecule has 33 heavy (non-hydrogen) atoms. The molecule has 6 heteroatoms. The van der Waals surface area contributed by atoms with Crippen molar-refractivity contribution in [1.29, 1.82) is 0 Å². The first kappa shape index (κ1) is 22.3. The van der Waals surface area contributed by atoms with Crippen LogP contribution < -0.4 is 10.1 Å². The van der Waals surface area contributed by atoms with Crippen molar-refractivity contribution in [2.45, 2.75) is 26.2 Å². The third kappa shape index (κ3) is 5.66. The molecule has 1 N–H and O–H groups in total. The minimum atomic E-state index is -0.0798. The molecule has 1 aromatic heterocycles. The van der Waals surface area contributed by atoms with E-state index in [4.69, 9.17) is 4.74 Å². The lowest BCUT2D eigenvalue weighted by atomic mass is 10.1. The Balaban J connectivity index is 1.42. The molecule has 3 aromatic carbocycles. The lowest BCUT2D eigenvalue weighted by Crippen LogP contribution is -2.24. The molecule has 0 atom stereocenters. The van der Waals surface area contributed by atoms with Crippen LogP contribution in [0, 0.1) is 6.92 Å². The number of hydrogen-bond acceptors (Lipinski definition) is 4. The third-order valence-electron chi connectivity index (χ3n) is 5.43. The smallest absolute Gasteiger partial charge is 0.251 e. The molecule has 1 amide bonds. The molecule has 0 aliphatic carbocycles. The minimum Gasteiger partial charge on any atom is -0.497 e. The highest BCUT2D eigenvalue weighted by Gasteiger charge is 2.14. The fourth-order valence-electron chi connectivity index (χ4n) is 3.71. The first-order valence-corrected chi connectivity index (χ1v) is 11.1. The Labute approximate surface area is 194 Å². The molecule has 0 spiro atoms. The van der Waals surface area contributed by atoms with Crippen LogP contribution in [0.5, 0.6) is 5.75 Å². The number of nitrogens with one attached hydrogen (secondary N) is 1. The number of carbonyl (C=O) groups excluding carboxylic acids is 1. The van der Waals surface area contributed by atoms with Crippen molar-refractivity contribution < 1.29 is 9.53 Å². The summed E-state index contributed by atoms with van der Waals surface area (Å²) < 4.78 is 7.03. The first-order chi connectivity index (χ1) is 16.1. The van der Waals surface area contributed by atoms with Gasteiger partial charge in [-0.15, -0.1) is 0 Å².